The highest BCUT2D eigenvalue weighted by atomic mass is 16.6. The minimum Gasteiger partial charge on any atom is -0.376 e. The van der Waals surface area contributed by atoms with Crippen molar-refractivity contribution in [3.63, 3.8) is 0 Å². The van der Waals surface area contributed by atoms with Crippen molar-refractivity contribution >= 4 is 11.4 Å². The fraction of sp³-hybridized carbons (Fsp3) is 0.417. The van der Waals surface area contributed by atoms with E-state index < -0.39 is 4.92 Å². The summed E-state index contributed by atoms with van der Waals surface area (Å²) in [6.45, 7) is 2.56. The molecule has 1 aliphatic heterocycles. The van der Waals surface area contributed by atoms with Crippen LogP contribution in [0.3, 0.4) is 0 Å². The lowest BCUT2D eigenvalue weighted by Gasteiger charge is -2.17. The monoisotopic (exact) mass is 247 g/mol. The number of anilines is 1. The quantitative estimate of drug-likeness (QED) is 0.652. The number of hydrogen-bond acceptors (Lipinski definition) is 5. The van der Waals surface area contributed by atoms with E-state index in [0.717, 1.165) is 6.42 Å². The third kappa shape index (κ3) is 2.41. The second-order valence-electron chi connectivity index (χ2n) is 4.22. The van der Waals surface area contributed by atoms with Gasteiger partial charge in [-0.15, -0.1) is 0 Å². The van der Waals surface area contributed by atoms with Crippen molar-refractivity contribution < 1.29 is 9.66 Å². The zero-order valence-electron chi connectivity index (χ0n) is 9.92. The van der Waals surface area contributed by atoms with Crippen LogP contribution in [0.1, 0.15) is 18.9 Å². The summed E-state index contributed by atoms with van der Waals surface area (Å²) in [5.41, 5.74) is 0.754. The first-order chi connectivity index (χ1) is 8.61. The average Bonchev–Trinajstić information content (AvgIpc) is 2.74. The first-order valence-corrected chi connectivity index (χ1v) is 5.68. The largest absolute Gasteiger partial charge is 0.376 e. The van der Waals surface area contributed by atoms with Crippen molar-refractivity contribution in [2.45, 2.75) is 25.5 Å². The minimum absolute atomic E-state index is 0.00958. The molecule has 2 unspecified atom stereocenters. The molecule has 0 radical (unpaired) electrons. The predicted molar refractivity (Wildman–Crippen MR) is 65.3 cm³/mol. The molecular weight excluding hydrogens is 234 g/mol. The number of nitriles is 1. The third-order valence-corrected chi connectivity index (χ3v) is 3.04. The molecule has 1 aromatic rings. The summed E-state index contributed by atoms with van der Waals surface area (Å²) < 4.78 is 5.40. The Morgan fingerprint density at radius 1 is 1.61 bits per heavy atom. The van der Waals surface area contributed by atoms with Crippen molar-refractivity contribution in [2.24, 2.45) is 0 Å². The van der Waals surface area contributed by atoms with Crippen molar-refractivity contribution in [3.8, 4) is 6.07 Å². The van der Waals surface area contributed by atoms with E-state index in [1.807, 2.05) is 13.0 Å². The summed E-state index contributed by atoms with van der Waals surface area (Å²) in [5.74, 6) is 0. The Labute approximate surface area is 104 Å². The maximum Gasteiger partial charge on any atom is 0.292 e. The van der Waals surface area contributed by atoms with Crippen LogP contribution in [-0.4, -0.2) is 23.7 Å². The van der Waals surface area contributed by atoms with Crippen molar-refractivity contribution in [1.82, 2.24) is 0 Å². The molecular formula is C12H13N3O3. The molecule has 1 aromatic carbocycles. The van der Waals surface area contributed by atoms with Crippen LogP contribution < -0.4 is 5.32 Å². The lowest BCUT2D eigenvalue weighted by atomic mass is 10.1. The number of hydrogen-bond donors (Lipinski definition) is 1. The molecule has 6 nitrogen and oxygen atoms in total. The van der Waals surface area contributed by atoms with E-state index in [4.69, 9.17) is 10.00 Å². The van der Waals surface area contributed by atoms with E-state index in [0.29, 0.717) is 17.9 Å². The molecule has 1 heterocycles. The van der Waals surface area contributed by atoms with Gasteiger partial charge < -0.3 is 10.1 Å². The van der Waals surface area contributed by atoms with Crippen molar-refractivity contribution in [2.75, 3.05) is 11.9 Å². The average molecular weight is 247 g/mol. The van der Waals surface area contributed by atoms with Crippen LogP contribution in [0.25, 0.3) is 0 Å². The Balaban J connectivity index is 2.29. The van der Waals surface area contributed by atoms with Gasteiger partial charge in [0.05, 0.1) is 28.7 Å². The second-order valence-corrected chi connectivity index (χ2v) is 4.22. The SMILES string of the molecule is CC1OCCC1Nc1cc(C#N)ccc1[N+](=O)[O-]. The minimum atomic E-state index is -0.454. The molecule has 0 aliphatic carbocycles. The van der Waals surface area contributed by atoms with Gasteiger partial charge in [0.25, 0.3) is 5.69 Å². The smallest absolute Gasteiger partial charge is 0.292 e. The fourth-order valence-electron chi connectivity index (χ4n) is 2.00. The van der Waals surface area contributed by atoms with Crippen LogP contribution >= 0.6 is 0 Å². The van der Waals surface area contributed by atoms with Gasteiger partial charge in [0.15, 0.2) is 0 Å². The molecule has 6 heteroatoms. The van der Waals surface area contributed by atoms with Gasteiger partial charge in [0, 0.05) is 12.7 Å². The molecule has 0 aromatic heterocycles. The molecule has 2 atom stereocenters. The molecule has 18 heavy (non-hydrogen) atoms. The van der Waals surface area contributed by atoms with Crippen LogP contribution in [0.15, 0.2) is 18.2 Å². The highest BCUT2D eigenvalue weighted by molar-refractivity contribution is 5.64. The highest BCUT2D eigenvalue weighted by Gasteiger charge is 2.26. The van der Waals surface area contributed by atoms with Gasteiger partial charge in [-0.2, -0.15) is 5.26 Å². The van der Waals surface area contributed by atoms with Crippen LogP contribution in [0.2, 0.25) is 0 Å². The van der Waals surface area contributed by atoms with E-state index in [1.165, 1.54) is 18.2 Å². The number of nitrogens with one attached hydrogen (secondary N) is 1. The molecule has 0 amide bonds. The predicted octanol–water partition coefficient (Wildman–Crippen LogP) is 2.06. The summed E-state index contributed by atoms with van der Waals surface area (Å²) >= 11 is 0. The molecule has 0 bridgehead atoms. The van der Waals surface area contributed by atoms with Crippen LogP contribution in [0.5, 0.6) is 0 Å². The van der Waals surface area contributed by atoms with Gasteiger partial charge in [-0.3, -0.25) is 10.1 Å². The first kappa shape index (κ1) is 12.3. The Morgan fingerprint density at radius 3 is 2.94 bits per heavy atom. The van der Waals surface area contributed by atoms with E-state index >= 15 is 0 Å². The van der Waals surface area contributed by atoms with Gasteiger partial charge in [0.1, 0.15) is 5.69 Å². The van der Waals surface area contributed by atoms with E-state index in [-0.39, 0.29) is 17.8 Å². The molecule has 1 saturated heterocycles. The van der Waals surface area contributed by atoms with E-state index in [2.05, 4.69) is 5.32 Å². The fourth-order valence-corrected chi connectivity index (χ4v) is 2.00. The van der Waals surface area contributed by atoms with E-state index in [1.54, 1.807) is 0 Å². The van der Waals surface area contributed by atoms with Crippen LogP contribution in [0.4, 0.5) is 11.4 Å². The number of nitro benzene ring substituents is 1. The molecule has 1 aliphatic rings. The molecule has 0 spiro atoms. The normalized spacial score (nSPS) is 22.4. The molecule has 0 saturated carbocycles. The lowest BCUT2D eigenvalue weighted by Crippen LogP contribution is -2.27. The molecule has 1 N–H and O–H groups in total. The van der Waals surface area contributed by atoms with Crippen molar-refractivity contribution in [3.05, 3.63) is 33.9 Å². The Kier molecular flexibility index (Phi) is 3.44. The lowest BCUT2D eigenvalue weighted by molar-refractivity contribution is -0.384. The summed E-state index contributed by atoms with van der Waals surface area (Å²) in [4.78, 5) is 10.5. The highest BCUT2D eigenvalue weighted by Crippen LogP contribution is 2.28. The van der Waals surface area contributed by atoms with Gasteiger partial charge >= 0.3 is 0 Å². The van der Waals surface area contributed by atoms with Crippen LogP contribution in [0, 0.1) is 21.4 Å². The Morgan fingerprint density at radius 2 is 2.39 bits per heavy atom. The number of nitro groups is 1. The van der Waals surface area contributed by atoms with E-state index in [9.17, 15) is 10.1 Å². The number of nitrogens with zero attached hydrogens (tertiary/aromatic N) is 2. The second kappa shape index (κ2) is 5.02. The molecule has 94 valence electrons. The van der Waals surface area contributed by atoms with Crippen LogP contribution in [-0.2, 0) is 4.74 Å². The Bertz CT molecular complexity index is 510. The summed E-state index contributed by atoms with van der Waals surface area (Å²) in [7, 11) is 0. The maximum atomic E-state index is 10.9. The number of rotatable bonds is 3. The van der Waals surface area contributed by atoms with Gasteiger partial charge in [-0.1, -0.05) is 0 Å². The number of ether oxygens (including phenoxy) is 1. The topological polar surface area (TPSA) is 88.2 Å². The zero-order chi connectivity index (χ0) is 13.1. The summed E-state index contributed by atoms with van der Waals surface area (Å²) in [6.07, 6.45) is 0.810. The number of benzene rings is 1. The zero-order valence-corrected chi connectivity index (χ0v) is 9.92. The maximum absolute atomic E-state index is 10.9. The van der Waals surface area contributed by atoms with Crippen molar-refractivity contribution in [1.29, 1.82) is 5.26 Å². The third-order valence-electron chi connectivity index (χ3n) is 3.04. The molecule has 1 fully saturated rings. The molecule has 2 rings (SSSR count). The van der Waals surface area contributed by atoms with Gasteiger partial charge in [-0.25, -0.2) is 0 Å². The first-order valence-electron chi connectivity index (χ1n) is 5.68. The van der Waals surface area contributed by atoms with Gasteiger partial charge in [0.2, 0.25) is 0 Å². The standard InChI is InChI=1S/C12H13N3O3/c1-8-10(4-5-18-8)14-11-6-9(7-13)2-3-12(11)15(16)17/h2-3,6,8,10,14H,4-5H2,1H3. The Hall–Kier alpha value is -2.13. The van der Waals surface area contributed by atoms with Gasteiger partial charge in [-0.05, 0) is 25.5 Å². The summed E-state index contributed by atoms with van der Waals surface area (Å²) in [5, 5.41) is 22.9. The summed E-state index contributed by atoms with van der Waals surface area (Å²) in [6, 6.07) is 6.31.